The van der Waals surface area contributed by atoms with Gasteiger partial charge in [-0.25, -0.2) is 8.42 Å². The summed E-state index contributed by atoms with van der Waals surface area (Å²) in [4.78, 5) is 2.51. The van der Waals surface area contributed by atoms with E-state index in [4.69, 9.17) is 11.6 Å². The molecule has 4 rings (SSSR count). The van der Waals surface area contributed by atoms with Gasteiger partial charge < -0.3 is 4.90 Å². The lowest BCUT2D eigenvalue weighted by molar-refractivity contribution is 0.385. The Morgan fingerprint density at radius 3 is 2.19 bits per heavy atom. The number of piperazine rings is 1. The Balaban J connectivity index is 1.60. The first-order chi connectivity index (χ1) is 12.6. The number of hydrogen-bond donors (Lipinski definition) is 0. The van der Waals surface area contributed by atoms with Crippen LogP contribution in [0.5, 0.6) is 0 Å². The monoisotopic (exact) mass is 386 g/mol. The minimum atomic E-state index is -3.53. The maximum absolute atomic E-state index is 13.2. The number of fused-ring (bicyclic) bond motifs is 1. The molecule has 0 bridgehead atoms. The lowest BCUT2D eigenvalue weighted by atomic mass is 10.1. The van der Waals surface area contributed by atoms with Crippen LogP contribution in [0.3, 0.4) is 0 Å². The summed E-state index contributed by atoms with van der Waals surface area (Å²) >= 11 is 6.27. The highest BCUT2D eigenvalue weighted by atomic mass is 35.5. The molecule has 0 radical (unpaired) electrons. The van der Waals surface area contributed by atoms with Crippen molar-refractivity contribution in [3.8, 4) is 0 Å². The molecule has 1 aliphatic rings. The van der Waals surface area contributed by atoms with Crippen LogP contribution < -0.4 is 4.90 Å². The van der Waals surface area contributed by atoms with Gasteiger partial charge in [-0.05, 0) is 23.6 Å². The zero-order valence-electron chi connectivity index (χ0n) is 14.2. The van der Waals surface area contributed by atoms with E-state index >= 15 is 0 Å². The molecule has 0 amide bonds. The van der Waals surface area contributed by atoms with Gasteiger partial charge in [-0.2, -0.15) is 4.31 Å². The predicted molar refractivity (Wildman–Crippen MR) is 106 cm³/mol. The summed E-state index contributed by atoms with van der Waals surface area (Å²) in [7, 11) is -3.53. The maximum Gasteiger partial charge on any atom is 0.243 e. The van der Waals surface area contributed by atoms with Crippen molar-refractivity contribution in [2.24, 2.45) is 0 Å². The van der Waals surface area contributed by atoms with Crippen LogP contribution in [0.1, 0.15) is 0 Å². The fourth-order valence-electron chi connectivity index (χ4n) is 3.44. The second kappa shape index (κ2) is 6.91. The van der Waals surface area contributed by atoms with Crippen molar-refractivity contribution in [1.29, 1.82) is 0 Å². The van der Waals surface area contributed by atoms with Crippen LogP contribution in [-0.2, 0) is 10.0 Å². The molecule has 0 aromatic heterocycles. The smallest absolute Gasteiger partial charge is 0.243 e. The molecule has 0 unspecified atom stereocenters. The Morgan fingerprint density at radius 2 is 1.42 bits per heavy atom. The van der Waals surface area contributed by atoms with Gasteiger partial charge in [0.2, 0.25) is 10.0 Å². The number of rotatable bonds is 3. The SMILES string of the molecule is O=S(=O)(c1cccc2ccccc12)N1CCN(c2ccccc2Cl)CC1. The van der Waals surface area contributed by atoms with Crippen LogP contribution in [0.2, 0.25) is 5.02 Å². The number of benzene rings is 3. The fraction of sp³-hybridized carbons (Fsp3) is 0.200. The molecule has 6 heteroatoms. The van der Waals surface area contributed by atoms with Crippen molar-refractivity contribution in [1.82, 2.24) is 4.31 Å². The summed E-state index contributed by atoms with van der Waals surface area (Å²) in [6, 6.07) is 20.7. The second-order valence-corrected chi connectivity index (χ2v) is 8.63. The van der Waals surface area contributed by atoms with Gasteiger partial charge in [-0.1, -0.05) is 60.1 Å². The summed E-state index contributed by atoms with van der Waals surface area (Å²) in [5.74, 6) is 0. The van der Waals surface area contributed by atoms with Crippen molar-refractivity contribution in [2.75, 3.05) is 31.1 Å². The van der Waals surface area contributed by atoms with Gasteiger partial charge in [0.05, 0.1) is 15.6 Å². The molecule has 0 aliphatic carbocycles. The minimum absolute atomic E-state index is 0.377. The van der Waals surface area contributed by atoms with E-state index in [9.17, 15) is 8.42 Å². The van der Waals surface area contributed by atoms with Crippen LogP contribution in [-0.4, -0.2) is 38.9 Å². The van der Waals surface area contributed by atoms with Gasteiger partial charge in [0, 0.05) is 31.6 Å². The van der Waals surface area contributed by atoms with Crippen molar-refractivity contribution >= 4 is 38.1 Å². The molecular weight excluding hydrogens is 368 g/mol. The quantitative estimate of drug-likeness (QED) is 0.683. The number of hydrogen-bond acceptors (Lipinski definition) is 3. The summed E-state index contributed by atoms with van der Waals surface area (Å²) in [6.07, 6.45) is 0. The van der Waals surface area contributed by atoms with Crippen LogP contribution in [0.4, 0.5) is 5.69 Å². The third-order valence-electron chi connectivity index (χ3n) is 4.80. The average Bonchev–Trinajstić information content (AvgIpc) is 2.68. The zero-order valence-corrected chi connectivity index (χ0v) is 15.7. The Hall–Kier alpha value is -2.08. The fourth-order valence-corrected chi connectivity index (χ4v) is 5.33. The van der Waals surface area contributed by atoms with E-state index in [0.29, 0.717) is 36.1 Å². The highest BCUT2D eigenvalue weighted by Gasteiger charge is 2.30. The van der Waals surface area contributed by atoms with Crippen molar-refractivity contribution < 1.29 is 8.42 Å². The van der Waals surface area contributed by atoms with Crippen LogP contribution in [0.15, 0.2) is 71.6 Å². The zero-order chi connectivity index (χ0) is 18.1. The lowest BCUT2D eigenvalue weighted by Gasteiger charge is -2.35. The molecular formula is C20H19ClN2O2S. The third-order valence-corrected chi connectivity index (χ3v) is 7.08. The standard InChI is InChI=1S/C20H19ClN2O2S/c21-18-9-3-4-10-19(18)22-12-14-23(15-13-22)26(24,25)20-11-5-7-16-6-1-2-8-17(16)20/h1-11H,12-15H2. The Bertz CT molecular complexity index is 1040. The predicted octanol–water partition coefficient (Wildman–Crippen LogP) is 4.00. The van der Waals surface area contributed by atoms with Crippen LogP contribution >= 0.6 is 11.6 Å². The number of sulfonamides is 1. The van der Waals surface area contributed by atoms with Crippen molar-refractivity contribution in [2.45, 2.75) is 4.90 Å². The molecule has 4 nitrogen and oxygen atoms in total. The maximum atomic E-state index is 13.2. The highest BCUT2D eigenvalue weighted by Crippen LogP contribution is 2.29. The van der Waals surface area contributed by atoms with Crippen LogP contribution in [0.25, 0.3) is 10.8 Å². The summed E-state index contributed by atoms with van der Waals surface area (Å²) in [5, 5.41) is 2.39. The second-order valence-electron chi connectivity index (χ2n) is 6.32. The van der Waals surface area contributed by atoms with Gasteiger partial charge in [0.25, 0.3) is 0 Å². The van der Waals surface area contributed by atoms with E-state index in [1.165, 1.54) is 0 Å². The normalized spacial score (nSPS) is 16.1. The first-order valence-electron chi connectivity index (χ1n) is 8.55. The largest absolute Gasteiger partial charge is 0.368 e. The van der Waals surface area contributed by atoms with Crippen molar-refractivity contribution in [3.63, 3.8) is 0 Å². The van der Waals surface area contributed by atoms with Crippen molar-refractivity contribution in [3.05, 3.63) is 71.8 Å². The van der Waals surface area contributed by atoms with Gasteiger partial charge in [0.1, 0.15) is 0 Å². The number of para-hydroxylation sites is 1. The van der Waals surface area contributed by atoms with Gasteiger partial charge >= 0.3 is 0 Å². The van der Waals surface area contributed by atoms with E-state index in [1.54, 1.807) is 16.4 Å². The minimum Gasteiger partial charge on any atom is -0.368 e. The van der Waals surface area contributed by atoms with E-state index in [-0.39, 0.29) is 0 Å². The topological polar surface area (TPSA) is 40.6 Å². The first kappa shape index (κ1) is 17.3. The summed E-state index contributed by atoms with van der Waals surface area (Å²) in [5.41, 5.74) is 0.955. The van der Waals surface area contributed by atoms with E-state index in [0.717, 1.165) is 16.5 Å². The highest BCUT2D eigenvalue weighted by molar-refractivity contribution is 7.89. The first-order valence-corrected chi connectivity index (χ1v) is 10.4. The molecule has 1 saturated heterocycles. The van der Waals surface area contributed by atoms with Gasteiger partial charge in [-0.3, -0.25) is 0 Å². The lowest BCUT2D eigenvalue weighted by Crippen LogP contribution is -2.48. The Morgan fingerprint density at radius 1 is 0.769 bits per heavy atom. The Labute approximate surface area is 158 Å². The molecule has 3 aromatic carbocycles. The van der Waals surface area contributed by atoms with E-state index in [1.807, 2.05) is 54.6 Å². The number of anilines is 1. The summed E-state index contributed by atoms with van der Waals surface area (Å²) in [6.45, 7) is 2.12. The molecule has 1 heterocycles. The molecule has 0 saturated carbocycles. The molecule has 0 atom stereocenters. The molecule has 1 fully saturated rings. The summed E-state index contributed by atoms with van der Waals surface area (Å²) < 4.78 is 28.0. The molecule has 0 N–H and O–H groups in total. The molecule has 3 aromatic rings. The average molecular weight is 387 g/mol. The van der Waals surface area contributed by atoms with E-state index < -0.39 is 10.0 Å². The number of halogens is 1. The molecule has 1 aliphatic heterocycles. The van der Waals surface area contributed by atoms with Crippen LogP contribution in [0, 0.1) is 0 Å². The molecule has 26 heavy (non-hydrogen) atoms. The Kier molecular flexibility index (Phi) is 4.61. The third kappa shape index (κ3) is 3.07. The van der Waals surface area contributed by atoms with E-state index in [2.05, 4.69) is 4.90 Å². The van der Waals surface area contributed by atoms with Gasteiger partial charge in [-0.15, -0.1) is 0 Å². The van der Waals surface area contributed by atoms with Gasteiger partial charge in [0.15, 0.2) is 0 Å². The number of nitrogens with zero attached hydrogens (tertiary/aromatic N) is 2. The molecule has 0 spiro atoms. The molecule has 134 valence electrons.